The van der Waals surface area contributed by atoms with Gasteiger partial charge in [-0.1, -0.05) is 6.92 Å². The maximum absolute atomic E-state index is 12.6. The molecule has 0 saturated carbocycles. The number of anilines is 2. The van der Waals surface area contributed by atoms with Crippen LogP contribution in [0, 0.1) is 0 Å². The van der Waals surface area contributed by atoms with E-state index in [0.29, 0.717) is 6.42 Å². The molecule has 0 amide bonds. The zero-order valence-corrected chi connectivity index (χ0v) is 11.6. The molecule has 0 bridgehead atoms. The van der Waals surface area contributed by atoms with Crippen molar-refractivity contribution in [2.24, 2.45) is 5.14 Å². The highest BCUT2D eigenvalue weighted by atomic mass is 32.2. The molecule has 0 fully saturated rings. The first-order valence-corrected chi connectivity index (χ1v) is 7.33. The summed E-state index contributed by atoms with van der Waals surface area (Å²) in [6, 6.07) is 3.63. The van der Waals surface area contributed by atoms with Gasteiger partial charge in [-0.3, -0.25) is 0 Å². The minimum Gasteiger partial charge on any atom is -0.399 e. The lowest BCUT2D eigenvalue weighted by Crippen LogP contribution is -2.36. The summed E-state index contributed by atoms with van der Waals surface area (Å²) in [4.78, 5) is 0.523. The number of primary sulfonamides is 1. The van der Waals surface area contributed by atoms with Gasteiger partial charge in [-0.25, -0.2) is 13.6 Å². The van der Waals surface area contributed by atoms with E-state index in [1.54, 1.807) is 6.92 Å². The Morgan fingerprint density at radius 2 is 1.90 bits per heavy atom. The normalized spacial score (nSPS) is 12.4. The maximum Gasteiger partial charge on any atom is 0.405 e. The molecule has 0 radical (unpaired) electrons. The van der Waals surface area contributed by atoms with E-state index in [0.717, 1.165) is 11.0 Å². The van der Waals surface area contributed by atoms with Crippen LogP contribution in [0.1, 0.15) is 13.3 Å². The second-order valence-corrected chi connectivity index (χ2v) is 5.84. The van der Waals surface area contributed by atoms with Crippen LogP contribution in [0.25, 0.3) is 0 Å². The second-order valence-electron chi connectivity index (χ2n) is 4.31. The highest BCUT2D eigenvalue weighted by Gasteiger charge is 2.32. The Bertz CT molecular complexity index is 573. The monoisotopic (exact) mass is 311 g/mol. The van der Waals surface area contributed by atoms with Crippen molar-refractivity contribution in [1.82, 2.24) is 0 Å². The summed E-state index contributed by atoms with van der Waals surface area (Å²) < 4.78 is 60.7. The third-order valence-electron chi connectivity index (χ3n) is 2.49. The van der Waals surface area contributed by atoms with Crippen LogP contribution in [0.5, 0.6) is 0 Å². The molecule has 0 unspecified atom stereocenters. The van der Waals surface area contributed by atoms with E-state index >= 15 is 0 Å². The van der Waals surface area contributed by atoms with Gasteiger partial charge in [0.05, 0.1) is 5.69 Å². The van der Waals surface area contributed by atoms with Crippen molar-refractivity contribution >= 4 is 21.4 Å². The molecule has 9 heteroatoms. The Labute approximate surface area is 115 Å². The lowest BCUT2D eigenvalue weighted by Gasteiger charge is -2.27. The average Bonchev–Trinajstić information content (AvgIpc) is 2.25. The zero-order chi connectivity index (χ0) is 15.6. The van der Waals surface area contributed by atoms with Crippen molar-refractivity contribution < 1.29 is 21.6 Å². The Hall–Kier alpha value is -1.48. The third kappa shape index (κ3) is 4.57. The van der Waals surface area contributed by atoms with Crippen LogP contribution in [-0.2, 0) is 10.0 Å². The minimum absolute atomic E-state index is 0.0476. The van der Waals surface area contributed by atoms with Gasteiger partial charge in [0.25, 0.3) is 0 Å². The smallest absolute Gasteiger partial charge is 0.399 e. The van der Waals surface area contributed by atoms with E-state index in [1.165, 1.54) is 12.1 Å². The fourth-order valence-corrected chi connectivity index (χ4v) is 2.58. The number of hydrogen-bond donors (Lipinski definition) is 2. The standard InChI is InChI=1S/C11H16F3N3O2S/c1-2-5-17(7-11(12,13)14)9-4-3-8(15)6-10(9)20(16,18)19/h3-4,6H,2,5,7,15H2,1H3,(H2,16,18,19). The molecule has 4 N–H and O–H groups in total. The van der Waals surface area contributed by atoms with Gasteiger partial charge in [0.2, 0.25) is 10.0 Å². The van der Waals surface area contributed by atoms with E-state index < -0.39 is 27.6 Å². The molecule has 0 aliphatic rings. The van der Waals surface area contributed by atoms with Gasteiger partial charge < -0.3 is 10.6 Å². The number of benzene rings is 1. The van der Waals surface area contributed by atoms with Gasteiger partial charge in [0.15, 0.2) is 0 Å². The van der Waals surface area contributed by atoms with E-state index in [9.17, 15) is 21.6 Å². The summed E-state index contributed by atoms with van der Waals surface area (Å²) in [5.41, 5.74) is 5.48. The van der Waals surface area contributed by atoms with Crippen molar-refractivity contribution in [3.63, 3.8) is 0 Å². The first-order chi connectivity index (χ1) is 9.04. The first kappa shape index (κ1) is 16.6. The summed E-state index contributed by atoms with van der Waals surface area (Å²) in [5.74, 6) is 0. The highest BCUT2D eigenvalue weighted by Crippen LogP contribution is 2.29. The highest BCUT2D eigenvalue weighted by molar-refractivity contribution is 7.89. The van der Waals surface area contributed by atoms with Gasteiger partial charge in [-0.2, -0.15) is 13.2 Å². The Morgan fingerprint density at radius 3 is 2.35 bits per heavy atom. The minimum atomic E-state index is -4.45. The van der Waals surface area contributed by atoms with Crippen molar-refractivity contribution in [2.45, 2.75) is 24.4 Å². The Morgan fingerprint density at radius 1 is 1.30 bits per heavy atom. The molecular formula is C11H16F3N3O2S. The quantitative estimate of drug-likeness (QED) is 0.810. The largest absolute Gasteiger partial charge is 0.405 e. The number of rotatable bonds is 5. The number of nitrogen functional groups attached to an aromatic ring is 1. The molecule has 0 aromatic heterocycles. The molecule has 20 heavy (non-hydrogen) atoms. The molecule has 1 rings (SSSR count). The molecule has 0 saturated heterocycles. The molecule has 0 heterocycles. The van der Waals surface area contributed by atoms with Gasteiger partial charge in [0.1, 0.15) is 11.4 Å². The molecular weight excluding hydrogens is 295 g/mol. The molecule has 0 atom stereocenters. The summed E-state index contributed by atoms with van der Waals surface area (Å²) in [7, 11) is -4.16. The lowest BCUT2D eigenvalue weighted by molar-refractivity contribution is -0.119. The third-order valence-corrected chi connectivity index (χ3v) is 3.43. The second kappa shape index (κ2) is 5.88. The molecule has 0 aliphatic heterocycles. The molecule has 5 nitrogen and oxygen atoms in total. The Kier molecular flexibility index (Phi) is 4.87. The van der Waals surface area contributed by atoms with Crippen molar-refractivity contribution in [2.75, 3.05) is 23.7 Å². The fourth-order valence-electron chi connectivity index (χ4n) is 1.79. The summed E-state index contributed by atoms with van der Waals surface area (Å²) in [6.45, 7) is 0.483. The summed E-state index contributed by atoms with van der Waals surface area (Å²) >= 11 is 0. The fraction of sp³-hybridized carbons (Fsp3) is 0.455. The number of alkyl halides is 3. The maximum atomic E-state index is 12.6. The van der Waals surface area contributed by atoms with Crippen LogP contribution in [0.2, 0.25) is 0 Å². The van der Waals surface area contributed by atoms with Crippen LogP contribution >= 0.6 is 0 Å². The number of halogens is 3. The van der Waals surface area contributed by atoms with Crippen LogP contribution in [0.15, 0.2) is 23.1 Å². The molecule has 114 valence electrons. The topological polar surface area (TPSA) is 89.4 Å². The molecule has 0 aliphatic carbocycles. The van der Waals surface area contributed by atoms with Gasteiger partial charge >= 0.3 is 6.18 Å². The van der Waals surface area contributed by atoms with E-state index in [4.69, 9.17) is 10.9 Å². The van der Waals surface area contributed by atoms with Crippen LogP contribution in [0.3, 0.4) is 0 Å². The zero-order valence-electron chi connectivity index (χ0n) is 10.8. The predicted molar refractivity (Wildman–Crippen MR) is 70.8 cm³/mol. The van der Waals surface area contributed by atoms with E-state index in [2.05, 4.69) is 0 Å². The molecule has 1 aromatic carbocycles. The van der Waals surface area contributed by atoms with Gasteiger partial charge in [-0.05, 0) is 24.6 Å². The van der Waals surface area contributed by atoms with Gasteiger partial charge in [-0.15, -0.1) is 0 Å². The van der Waals surface area contributed by atoms with Crippen molar-refractivity contribution in [3.8, 4) is 0 Å². The summed E-state index contributed by atoms with van der Waals surface area (Å²) in [5, 5.41) is 5.03. The van der Waals surface area contributed by atoms with Crippen LogP contribution in [-0.4, -0.2) is 27.7 Å². The SMILES string of the molecule is CCCN(CC(F)(F)F)c1ccc(N)cc1S(N)(=O)=O. The number of sulfonamides is 1. The van der Waals surface area contributed by atoms with E-state index in [1.807, 2.05) is 0 Å². The molecule has 0 spiro atoms. The lowest BCUT2D eigenvalue weighted by atomic mass is 10.2. The van der Waals surface area contributed by atoms with Crippen molar-refractivity contribution in [3.05, 3.63) is 18.2 Å². The summed E-state index contributed by atoms with van der Waals surface area (Å²) in [6.07, 6.45) is -4.03. The first-order valence-electron chi connectivity index (χ1n) is 5.78. The Balaban J connectivity index is 3.33. The number of hydrogen-bond acceptors (Lipinski definition) is 4. The van der Waals surface area contributed by atoms with E-state index in [-0.39, 0.29) is 17.9 Å². The predicted octanol–water partition coefficient (Wildman–Crippen LogP) is 1.69. The van der Waals surface area contributed by atoms with Crippen LogP contribution in [0.4, 0.5) is 24.5 Å². The number of nitrogens with two attached hydrogens (primary N) is 2. The van der Waals surface area contributed by atoms with Crippen molar-refractivity contribution in [1.29, 1.82) is 0 Å². The van der Waals surface area contributed by atoms with Crippen LogP contribution < -0.4 is 15.8 Å². The molecule has 1 aromatic rings. The number of nitrogens with zero attached hydrogens (tertiary/aromatic N) is 1. The van der Waals surface area contributed by atoms with Gasteiger partial charge in [0, 0.05) is 12.2 Å². The average molecular weight is 311 g/mol.